The van der Waals surface area contributed by atoms with Crippen molar-refractivity contribution in [2.24, 2.45) is 0 Å². The number of fused-ring (bicyclic) bond motifs is 1. The average molecular weight is 400 g/mol. The predicted octanol–water partition coefficient (Wildman–Crippen LogP) is 3.76. The number of thiazole rings is 1. The quantitative estimate of drug-likeness (QED) is 0.550. The van der Waals surface area contributed by atoms with Gasteiger partial charge in [0.15, 0.2) is 0 Å². The van der Waals surface area contributed by atoms with Crippen molar-refractivity contribution < 1.29 is 4.74 Å². The van der Waals surface area contributed by atoms with Crippen LogP contribution >= 0.6 is 22.7 Å². The highest BCUT2D eigenvalue weighted by Crippen LogP contribution is 2.34. The van der Waals surface area contributed by atoms with Gasteiger partial charge in [0.05, 0.1) is 23.7 Å². The lowest BCUT2D eigenvalue weighted by molar-refractivity contribution is 0.415. The van der Waals surface area contributed by atoms with Crippen LogP contribution in [-0.4, -0.2) is 26.7 Å². The summed E-state index contributed by atoms with van der Waals surface area (Å²) in [7, 11) is 1.65. The molecule has 138 valence electrons. The third kappa shape index (κ3) is 3.43. The van der Waals surface area contributed by atoms with Crippen molar-refractivity contribution >= 4 is 32.8 Å². The molecule has 0 aliphatic heterocycles. The molecule has 3 aromatic heterocycles. The molecule has 7 nitrogen and oxygen atoms in total. The Labute approximate surface area is 163 Å². The molecule has 27 heavy (non-hydrogen) atoms. The SMILES string of the molecule is COc1ccc(-c2nc(C)c(C(C)Nc3nn4c(=O)ccnc4s3)s2)cc1. The third-order valence-corrected chi connectivity index (χ3v) is 6.32. The minimum Gasteiger partial charge on any atom is -0.497 e. The van der Waals surface area contributed by atoms with E-state index in [-0.39, 0.29) is 11.6 Å². The number of nitrogens with one attached hydrogen (secondary N) is 1. The van der Waals surface area contributed by atoms with Gasteiger partial charge in [0.25, 0.3) is 5.56 Å². The van der Waals surface area contributed by atoms with Crippen LogP contribution in [0.3, 0.4) is 0 Å². The topological polar surface area (TPSA) is 81.4 Å². The van der Waals surface area contributed by atoms with Crippen LogP contribution in [-0.2, 0) is 0 Å². The molecule has 3 heterocycles. The molecular weight excluding hydrogens is 382 g/mol. The van der Waals surface area contributed by atoms with E-state index in [1.54, 1.807) is 18.4 Å². The zero-order valence-electron chi connectivity index (χ0n) is 15.0. The molecule has 0 bridgehead atoms. The maximum absolute atomic E-state index is 11.8. The number of anilines is 1. The van der Waals surface area contributed by atoms with Crippen molar-refractivity contribution in [3.63, 3.8) is 0 Å². The van der Waals surface area contributed by atoms with E-state index in [9.17, 15) is 4.79 Å². The van der Waals surface area contributed by atoms with Crippen LogP contribution in [0.1, 0.15) is 23.5 Å². The lowest BCUT2D eigenvalue weighted by atomic mass is 10.2. The Bertz CT molecular complexity index is 1150. The van der Waals surface area contributed by atoms with Crippen LogP contribution in [0.2, 0.25) is 0 Å². The van der Waals surface area contributed by atoms with E-state index < -0.39 is 0 Å². The van der Waals surface area contributed by atoms with Crippen LogP contribution in [0.5, 0.6) is 5.75 Å². The average Bonchev–Trinajstić information content (AvgIpc) is 3.26. The molecule has 0 fully saturated rings. The lowest BCUT2D eigenvalue weighted by Crippen LogP contribution is -2.13. The van der Waals surface area contributed by atoms with Gasteiger partial charge in [0, 0.05) is 17.8 Å². The fourth-order valence-electron chi connectivity index (χ4n) is 2.72. The number of hydrogen-bond donors (Lipinski definition) is 1. The first-order valence-electron chi connectivity index (χ1n) is 8.28. The largest absolute Gasteiger partial charge is 0.497 e. The molecule has 0 radical (unpaired) electrons. The van der Waals surface area contributed by atoms with Gasteiger partial charge in [-0.15, -0.1) is 16.4 Å². The van der Waals surface area contributed by atoms with Gasteiger partial charge in [-0.2, -0.15) is 4.52 Å². The van der Waals surface area contributed by atoms with Gasteiger partial charge in [0.2, 0.25) is 10.1 Å². The Morgan fingerprint density at radius 1 is 1.19 bits per heavy atom. The van der Waals surface area contributed by atoms with Crippen molar-refractivity contribution in [2.45, 2.75) is 19.9 Å². The van der Waals surface area contributed by atoms with Crippen LogP contribution < -0.4 is 15.6 Å². The molecule has 0 spiro atoms. The van der Waals surface area contributed by atoms with Gasteiger partial charge in [-0.05, 0) is 38.1 Å². The second-order valence-electron chi connectivity index (χ2n) is 5.95. The molecule has 0 amide bonds. The first-order chi connectivity index (χ1) is 13.0. The summed E-state index contributed by atoms with van der Waals surface area (Å²) in [6.45, 7) is 4.06. The summed E-state index contributed by atoms with van der Waals surface area (Å²) in [6, 6.07) is 9.27. The number of methoxy groups -OCH3 is 1. The molecule has 0 aliphatic carbocycles. The molecule has 4 rings (SSSR count). The summed E-state index contributed by atoms with van der Waals surface area (Å²) in [5, 5.41) is 9.28. The third-order valence-electron chi connectivity index (χ3n) is 4.07. The van der Waals surface area contributed by atoms with E-state index >= 15 is 0 Å². The standard InChI is InChI=1S/C18H17N5O2S2/c1-10-15(26-16(20-10)12-4-6-13(25-3)7-5-12)11(2)21-17-22-23-14(24)8-9-19-18(23)27-17/h4-9,11H,1-3H3,(H,21,22). The Hall–Kier alpha value is -2.78. The van der Waals surface area contributed by atoms with Gasteiger partial charge in [-0.1, -0.05) is 11.3 Å². The first kappa shape index (κ1) is 17.6. The molecule has 4 aromatic rings. The number of aryl methyl sites for hydroxylation is 1. The highest BCUT2D eigenvalue weighted by Gasteiger charge is 2.17. The monoisotopic (exact) mass is 399 g/mol. The fourth-order valence-corrected chi connectivity index (χ4v) is 4.66. The fraction of sp³-hybridized carbons (Fsp3) is 0.222. The number of rotatable bonds is 5. The lowest BCUT2D eigenvalue weighted by Gasteiger charge is -2.10. The van der Waals surface area contributed by atoms with Crippen molar-refractivity contribution in [3.05, 3.63) is 57.5 Å². The molecular formula is C18H17N5O2S2. The van der Waals surface area contributed by atoms with E-state index in [1.165, 1.54) is 28.1 Å². The predicted molar refractivity (Wildman–Crippen MR) is 108 cm³/mol. The second-order valence-corrected chi connectivity index (χ2v) is 7.93. The number of aromatic nitrogens is 4. The summed E-state index contributed by atoms with van der Waals surface area (Å²) < 4.78 is 6.52. The summed E-state index contributed by atoms with van der Waals surface area (Å²) in [5.74, 6) is 0.821. The molecule has 9 heteroatoms. The minimum absolute atomic E-state index is 0.00534. The molecule has 1 aromatic carbocycles. The van der Waals surface area contributed by atoms with Crippen molar-refractivity contribution in [1.82, 2.24) is 19.6 Å². The van der Waals surface area contributed by atoms with E-state index in [4.69, 9.17) is 9.72 Å². The maximum Gasteiger partial charge on any atom is 0.275 e. The van der Waals surface area contributed by atoms with E-state index in [2.05, 4.69) is 22.3 Å². The second kappa shape index (κ2) is 7.09. The van der Waals surface area contributed by atoms with Gasteiger partial charge >= 0.3 is 0 Å². The zero-order chi connectivity index (χ0) is 19.0. The van der Waals surface area contributed by atoms with Gasteiger partial charge in [0.1, 0.15) is 10.8 Å². The minimum atomic E-state index is -0.187. The van der Waals surface area contributed by atoms with Crippen LogP contribution in [0.25, 0.3) is 15.5 Å². The van der Waals surface area contributed by atoms with Gasteiger partial charge in [-0.3, -0.25) is 4.79 Å². The molecule has 0 saturated heterocycles. The van der Waals surface area contributed by atoms with Crippen LogP contribution in [0.15, 0.2) is 41.3 Å². The number of benzene rings is 1. The maximum atomic E-state index is 11.8. The molecule has 0 aliphatic rings. The van der Waals surface area contributed by atoms with Crippen LogP contribution in [0, 0.1) is 6.92 Å². The summed E-state index contributed by atoms with van der Waals surface area (Å²) in [4.78, 5) is 22.4. The van der Waals surface area contributed by atoms with E-state index in [0.717, 1.165) is 26.9 Å². The first-order valence-corrected chi connectivity index (χ1v) is 9.91. The molecule has 1 N–H and O–H groups in total. The van der Waals surface area contributed by atoms with Crippen molar-refractivity contribution in [3.8, 4) is 16.3 Å². The zero-order valence-corrected chi connectivity index (χ0v) is 16.6. The van der Waals surface area contributed by atoms with Crippen molar-refractivity contribution in [1.29, 1.82) is 0 Å². The van der Waals surface area contributed by atoms with Crippen molar-refractivity contribution in [2.75, 3.05) is 12.4 Å². The molecule has 1 atom stereocenters. The van der Waals surface area contributed by atoms with E-state index in [0.29, 0.717) is 10.1 Å². The van der Waals surface area contributed by atoms with Gasteiger partial charge < -0.3 is 10.1 Å². The highest BCUT2D eigenvalue weighted by atomic mass is 32.1. The summed E-state index contributed by atoms with van der Waals surface area (Å²) >= 11 is 2.99. The Morgan fingerprint density at radius 3 is 2.67 bits per heavy atom. The van der Waals surface area contributed by atoms with Crippen LogP contribution in [0.4, 0.5) is 5.13 Å². The number of hydrogen-bond acceptors (Lipinski definition) is 8. The van der Waals surface area contributed by atoms with Gasteiger partial charge in [-0.25, -0.2) is 9.97 Å². The summed E-state index contributed by atoms with van der Waals surface area (Å²) in [6.07, 6.45) is 1.50. The summed E-state index contributed by atoms with van der Waals surface area (Å²) in [5.41, 5.74) is 1.84. The number of nitrogens with zero attached hydrogens (tertiary/aromatic N) is 4. The molecule has 1 unspecified atom stereocenters. The highest BCUT2D eigenvalue weighted by molar-refractivity contribution is 7.20. The Balaban J connectivity index is 1.59. The van der Waals surface area contributed by atoms with E-state index in [1.807, 2.05) is 31.2 Å². The molecule has 0 saturated carbocycles. The number of ether oxygens (including phenoxy) is 1. The Morgan fingerprint density at radius 2 is 1.96 bits per heavy atom. The smallest absolute Gasteiger partial charge is 0.275 e. The Kier molecular flexibility index (Phi) is 4.63. The normalized spacial score (nSPS) is 12.3.